The molecule has 8 heteroatoms. The Hall–Kier alpha value is -2.54. The lowest BCUT2D eigenvalue weighted by atomic mass is 10.0. The lowest BCUT2D eigenvalue weighted by Crippen LogP contribution is -2.48. The number of nitrogens with zero attached hydrogens (tertiary/aromatic N) is 2. The summed E-state index contributed by atoms with van der Waals surface area (Å²) in [5.41, 5.74) is 0.912. The molecule has 24 heavy (non-hydrogen) atoms. The van der Waals surface area contributed by atoms with Crippen LogP contribution in [0.3, 0.4) is 0 Å². The zero-order valence-electron chi connectivity index (χ0n) is 12.8. The minimum atomic E-state index is -1.15. The van der Waals surface area contributed by atoms with Crippen LogP contribution in [0.1, 0.15) is 33.8 Å². The number of piperidine rings is 1. The minimum absolute atomic E-state index is 0.0486. The Kier molecular flexibility index (Phi) is 4.71. The van der Waals surface area contributed by atoms with Crippen molar-refractivity contribution in [2.24, 2.45) is 0 Å². The van der Waals surface area contributed by atoms with Crippen molar-refractivity contribution in [3.63, 3.8) is 0 Å². The summed E-state index contributed by atoms with van der Waals surface area (Å²) in [5.74, 6) is -1.53. The number of aromatic carboxylic acids is 1. The standard InChI is InChI=1S/C16H17ClN4O3/c17-11-5-1-2-6-14(11)21-7-3-4-10(9-21)18-15(22)12-8-13(16(23)24)20-19-12/h1-2,5-6,8,10H,3-4,7,9H2,(H,18,22)(H,19,20)(H,23,24). The van der Waals surface area contributed by atoms with E-state index < -0.39 is 5.97 Å². The number of benzene rings is 1. The molecule has 1 fully saturated rings. The van der Waals surface area contributed by atoms with Gasteiger partial charge in [0.2, 0.25) is 0 Å². The van der Waals surface area contributed by atoms with Gasteiger partial charge in [0.15, 0.2) is 5.69 Å². The van der Waals surface area contributed by atoms with Crippen LogP contribution in [0.2, 0.25) is 5.02 Å². The van der Waals surface area contributed by atoms with Crippen LogP contribution < -0.4 is 10.2 Å². The van der Waals surface area contributed by atoms with E-state index in [0.29, 0.717) is 11.6 Å². The number of aromatic nitrogens is 2. The third-order valence-corrected chi connectivity index (χ3v) is 4.31. The van der Waals surface area contributed by atoms with E-state index in [9.17, 15) is 9.59 Å². The molecule has 0 spiro atoms. The van der Waals surface area contributed by atoms with E-state index in [-0.39, 0.29) is 23.3 Å². The molecule has 0 bridgehead atoms. The van der Waals surface area contributed by atoms with E-state index in [4.69, 9.17) is 16.7 Å². The molecule has 1 saturated heterocycles. The lowest BCUT2D eigenvalue weighted by molar-refractivity contribution is 0.0690. The molecule has 1 amide bonds. The molecule has 0 aliphatic carbocycles. The van der Waals surface area contributed by atoms with E-state index >= 15 is 0 Å². The number of amides is 1. The molecular formula is C16H17ClN4O3. The second kappa shape index (κ2) is 6.92. The number of anilines is 1. The van der Waals surface area contributed by atoms with Crippen molar-refractivity contribution in [3.05, 3.63) is 46.7 Å². The summed E-state index contributed by atoms with van der Waals surface area (Å²) in [5, 5.41) is 18.5. The number of hydrogen-bond donors (Lipinski definition) is 3. The molecule has 0 radical (unpaired) electrons. The van der Waals surface area contributed by atoms with Crippen LogP contribution in [-0.2, 0) is 0 Å². The van der Waals surface area contributed by atoms with Crippen LogP contribution in [0.5, 0.6) is 0 Å². The molecule has 2 heterocycles. The summed E-state index contributed by atoms with van der Waals surface area (Å²) in [6, 6.07) is 8.79. The maximum atomic E-state index is 12.2. The van der Waals surface area contributed by atoms with Crippen molar-refractivity contribution >= 4 is 29.2 Å². The Morgan fingerprint density at radius 3 is 2.88 bits per heavy atom. The van der Waals surface area contributed by atoms with E-state index in [1.807, 2.05) is 24.3 Å². The fourth-order valence-corrected chi connectivity index (χ4v) is 3.08. The molecule has 0 saturated carbocycles. The predicted molar refractivity (Wildman–Crippen MR) is 89.7 cm³/mol. The quantitative estimate of drug-likeness (QED) is 0.786. The van der Waals surface area contributed by atoms with Crippen molar-refractivity contribution in [3.8, 4) is 0 Å². The molecule has 126 valence electrons. The van der Waals surface area contributed by atoms with Gasteiger partial charge in [-0.1, -0.05) is 23.7 Å². The summed E-state index contributed by atoms with van der Waals surface area (Å²) in [7, 11) is 0. The number of aromatic amines is 1. The maximum Gasteiger partial charge on any atom is 0.353 e. The van der Waals surface area contributed by atoms with Gasteiger partial charge in [0.25, 0.3) is 5.91 Å². The number of nitrogens with one attached hydrogen (secondary N) is 2. The van der Waals surface area contributed by atoms with E-state index in [1.165, 1.54) is 6.07 Å². The summed E-state index contributed by atoms with van der Waals surface area (Å²) < 4.78 is 0. The van der Waals surface area contributed by atoms with Crippen molar-refractivity contribution in [2.45, 2.75) is 18.9 Å². The Labute approximate surface area is 143 Å². The van der Waals surface area contributed by atoms with Crippen LogP contribution in [0.25, 0.3) is 0 Å². The first kappa shape index (κ1) is 16.3. The fourth-order valence-electron chi connectivity index (χ4n) is 2.83. The summed E-state index contributed by atoms with van der Waals surface area (Å²) in [6.45, 7) is 1.52. The number of rotatable bonds is 4. The number of carboxylic acid groups (broad SMARTS) is 1. The average Bonchev–Trinajstić information content (AvgIpc) is 3.06. The number of H-pyrrole nitrogens is 1. The van der Waals surface area contributed by atoms with Gasteiger partial charge in [-0.3, -0.25) is 9.89 Å². The summed E-state index contributed by atoms with van der Waals surface area (Å²) in [6.07, 6.45) is 1.78. The predicted octanol–water partition coefficient (Wildman–Crippen LogP) is 2.16. The lowest BCUT2D eigenvalue weighted by Gasteiger charge is -2.35. The molecule has 7 nitrogen and oxygen atoms in total. The first-order chi connectivity index (χ1) is 11.5. The SMILES string of the molecule is O=C(NC1CCCN(c2ccccc2Cl)C1)c1cc(C(=O)O)[nH]n1. The molecule has 1 atom stereocenters. The van der Waals surface area contributed by atoms with Crippen LogP contribution in [-0.4, -0.2) is 46.3 Å². The second-order valence-electron chi connectivity index (χ2n) is 5.68. The molecular weight excluding hydrogens is 332 g/mol. The van der Waals surface area contributed by atoms with Gasteiger partial charge in [0, 0.05) is 25.2 Å². The van der Waals surface area contributed by atoms with Crippen molar-refractivity contribution in [1.82, 2.24) is 15.5 Å². The van der Waals surface area contributed by atoms with Gasteiger partial charge in [-0.05, 0) is 25.0 Å². The molecule has 1 aliphatic rings. The van der Waals surface area contributed by atoms with Crippen molar-refractivity contribution in [2.75, 3.05) is 18.0 Å². The average molecular weight is 349 g/mol. The molecule has 2 aromatic rings. The fraction of sp³-hybridized carbons (Fsp3) is 0.312. The number of carboxylic acids is 1. The van der Waals surface area contributed by atoms with Crippen molar-refractivity contribution < 1.29 is 14.7 Å². The molecule has 3 N–H and O–H groups in total. The van der Waals surface area contributed by atoms with Gasteiger partial charge >= 0.3 is 5.97 Å². The summed E-state index contributed by atoms with van der Waals surface area (Å²) >= 11 is 6.24. The Bertz CT molecular complexity index is 761. The second-order valence-corrected chi connectivity index (χ2v) is 6.09. The highest BCUT2D eigenvalue weighted by atomic mass is 35.5. The number of para-hydroxylation sites is 1. The topological polar surface area (TPSA) is 98.3 Å². The zero-order valence-corrected chi connectivity index (χ0v) is 13.6. The highest BCUT2D eigenvalue weighted by Gasteiger charge is 2.24. The van der Waals surface area contributed by atoms with Gasteiger partial charge in [0.05, 0.1) is 10.7 Å². The third kappa shape index (κ3) is 3.51. The molecule has 3 rings (SSSR count). The summed E-state index contributed by atoms with van der Waals surface area (Å²) in [4.78, 5) is 25.2. The molecule has 1 aliphatic heterocycles. The van der Waals surface area contributed by atoms with Crippen molar-refractivity contribution in [1.29, 1.82) is 0 Å². The van der Waals surface area contributed by atoms with E-state index in [0.717, 1.165) is 25.1 Å². The van der Waals surface area contributed by atoms with Gasteiger partial charge in [-0.15, -0.1) is 0 Å². The number of hydrogen-bond acceptors (Lipinski definition) is 4. The van der Waals surface area contributed by atoms with E-state index in [2.05, 4.69) is 20.4 Å². The zero-order chi connectivity index (χ0) is 17.1. The van der Waals surface area contributed by atoms with Crippen LogP contribution >= 0.6 is 11.6 Å². The Morgan fingerprint density at radius 2 is 2.17 bits per heavy atom. The normalized spacial score (nSPS) is 17.5. The van der Waals surface area contributed by atoms with Gasteiger partial charge < -0.3 is 15.3 Å². The van der Waals surface area contributed by atoms with Gasteiger partial charge in [-0.2, -0.15) is 5.10 Å². The third-order valence-electron chi connectivity index (χ3n) is 3.99. The monoisotopic (exact) mass is 348 g/mol. The Morgan fingerprint density at radius 1 is 1.38 bits per heavy atom. The largest absolute Gasteiger partial charge is 0.477 e. The van der Waals surface area contributed by atoms with E-state index in [1.54, 1.807) is 0 Å². The number of halogens is 1. The Balaban J connectivity index is 1.65. The molecule has 1 aromatic carbocycles. The van der Waals surface area contributed by atoms with Gasteiger partial charge in [-0.25, -0.2) is 4.79 Å². The van der Waals surface area contributed by atoms with Gasteiger partial charge in [0.1, 0.15) is 5.69 Å². The van der Waals surface area contributed by atoms with Crippen LogP contribution in [0.4, 0.5) is 5.69 Å². The first-order valence-corrected chi connectivity index (χ1v) is 8.01. The smallest absolute Gasteiger partial charge is 0.353 e. The van der Waals surface area contributed by atoms with Crippen LogP contribution in [0, 0.1) is 0 Å². The highest BCUT2D eigenvalue weighted by Crippen LogP contribution is 2.27. The van der Waals surface area contributed by atoms with Crippen LogP contribution in [0.15, 0.2) is 30.3 Å². The molecule has 1 aromatic heterocycles. The molecule has 1 unspecified atom stereocenters. The maximum absolute atomic E-state index is 12.2. The number of carbonyl (C=O) groups excluding carboxylic acids is 1. The minimum Gasteiger partial charge on any atom is -0.477 e. The first-order valence-electron chi connectivity index (χ1n) is 7.63. The highest BCUT2D eigenvalue weighted by molar-refractivity contribution is 6.33. The number of carbonyl (C=O) groups is 2.